The Morgan fingerprint density at radius 1 is 1.12 bits per heavy atom. The van der Waals surface area contributed by atoms with Crippen LogP contribution in [0.4, 0.5) is 0 Å². The van der Waals surface area contributed by atoms with Crippen LogP contribution in [0.15, 0.2) is 23.6 Å². The Hall–Kier alpha value is 0.457. The predicted molar refractivity (Wildman–Crippen MR) is 38.2 cm³/mol. The Bertz CT molecular complexity index is 90.2. The van der Waals surface area contributed by atoms with E-state index in [1.807, 2.05) is 0 Å². The van der Waals surface area contributed by atoms with Crippen LogP contribution in [0.3, 0.4) is 0 Å². The third-order valence-electron chi connectivity index (χ3n) is 0.221. The summed E-state index contributed by atoms with van der Waals surface area (Å²) in [6.45, 7) is 6.39. The van der Waals surface area contributed by atoms with Crippen LogP contribution >= 0.6 is 23.2 Å². The van der Waals surface area contributed by atoms with Crippen molar-refractivity contribution in [1.82, 2.24) is 0 Å². The van der Waals surface area contributed by atoms with Crippen molar-refractivity contribution in [2.75, 3.05) is 0 Å². The monoisotopic (exact) mass is 146 g/mol. The topological polar surface area (TPSA) is 9.23 Å². The molecule has 4 heteroatoms. The standard InChI is InChI=1S/C4H4Cl2O.Li.H/c1-3(5)7-4(2)6;;/h1-2H2;;. The van der Waals surface area contributed by atoms with Gasteiger partial charge in [0.05, 0.1) is 0 Å². The Balaban J connectivity index is 0. The van der Waals surface area contributed by atoms with Gasteiger partial charge in [-0.05, 0) is 36.4 Å². The van der Waals surface area contributed by atoms with E-state index < -0.39 is 0 Å². The fourth-order valence-corrected chi connectivity index (χ4v) is 0.346. The molecule has 0 aromatic carbocycles. The van der Waals surface area contributed by atoms with Crippen molar-refractivity contribution in [3.05, 3.63) is 23.6 Å². The van der Waals surface area contributed by atoms with Gasteiger partial charge >= 0.3 is 18.9 Å². The van der Waals surface area contributed by atoms with E-state index in [4.69, 9.17) is 23.2 Å². The van der Waals surface area contributed by atoms with E-state index in [1.54, 1.807) is 0 Å². The molecule has 42 valence electrons. The molecular formula is C4H5Cl2LiO. The third kappa shape index (κ3) is 9.68. The van der Waals surface area contributed by atoms with E-state index in [0.717, 1.165) is 0 Å². The summed E-state index contributed by atoms with van der Waals surface area (Å²) in [5.74, 6) is 0. The summed E-state index contributed by atoms with van der Waals surface area (Å²) in [7, 11) is 0. The van der Waals surface area contributed by atoms with Crippen LogP contribution in [0.1, 0.15) is 0 Å². The second-order valence-electron chi connectivity index (χ2n) is 0.812. The van der Waals surface area contributed by atoms with E-state index in [9.17, 15) is 0 Å². The minimum absolute atomic E-state index is 0. The first-order valence-electron chi connectivity index (χ1n) is 1.49. The van der Waals surface area contributed by atoms with Crippen molar-refractivity contribution < 1.29 is 4.74 Å². The van der Waals surface area contributed by atoms with Gasteiger partial charge in [0, 0.05) is 0 Å². The predicted octanol–water partition coefficient (Wildman–Crippen LogP) is 1.77. The molecule has 8 heavy (non-hydrogen) atoms. The minimum atomic E-state index is 0. The van der Waals surface area contributed by atoms with Crippen LogP contribution in [0.2, 0.25) is 0 Å². The quantitative estimate of drug-likeness (QED) is 0.427. The molecule has 0 N–H and O–H groups in total. The molecule has 0 saturated carbocycles. The molecule has 0 aliphatic carbocycles. The fourth-order valence-electron chi connectivity index (χ4n) is 0.120. The number of ether oxygens (including phenoxy) is 1. The zero-order chi connectivity index (χ0) is 5.86. The van der Waals surface area contributed by atoms with Gasteiger partial charge in [0.1, 0.15) is 0 Å². The molecule has 0 aromatic heterocycles. The molecule has 0 spiro atoms. The van der Waals surface area contributed by atoms with E-state index in [1.165, 1.54) is 0 Å². The molecule has 0 rings (SSSR count). The fraction of sp³-hybridized carbons (Fsp3) is 0. The molecule has 0 radical (unpaired) electrons. The summed E-state index contributed by atoms with van der Waals surface area (Å²) >= 11 is 10.2. The van der Waals surface area contributed by atoms with Crippen molar-refractivity contribution in [1.29, 1.82) is 0 Å². The van der Waals surface area contributed by atoms with Gasteiger partial charge in [0.15, 0.2) is 10.4 Å². The molecule has 0 unspecified atom stereocenters. The number of rotatable bonds is 2. The molecule has 0 bridgehead atoms. The maximum absolute atomic E-state index is 5.11. The van der Waals surface area contributed by atoms with Crippen LogP contribution in [0.5, 0.6) is 0 Å². The Kier molecular flexibility index (Phi) is 7.88. The van der Waals surface area contributed by atoms with Crippen molar-refractivity contribution in [2.45, 2.75) is 0 Å². The Labute approximate surface area is 70.5 Å². The van der Waals surface area contributed by atoms with Crippen LogP contribution < -0.4 is 0 Å². The second-order valence-corrected chi connectivity index (χ2v) is 1.66. The van der Waals surface area contributed by atoms with E-state index in [0.29, 0.717) is 0 Å². The van der Waals surface area contributed by atoms with Gasteiger partial charge in [0.25, 0.3) is 0 Å². The molecule has 0 heterocycles. The molecule has 0 atom stereocenters. The van der Waals surface area contributed by atoms with E-state index in [-0.39, 0.29) is 29.3 Å². The van der Waals surface area contributed by atoms with Crippen molar-refractivity contribution in [3.63, 3.8) is 0 Å². The second kappa shape index (κ2) is 5.59. The zero-order valence-electron chi connectivity index (χ0n) is 3.58. The molecule has 1 nitrogen and oxygen atoms in total. The van der Waals surface area contributed by atoms with Gasteiger partial charge < -0.3 is 4.74 Å². The van der Waals surface area contributed by atoms with Gasteiger partial charge in [0.2, 0.25) is 0 Å². The van der Waals surface area contributed by atoms with Crippen LogP contribution in [-0.2, 0) is 4.74 Å². The van der Waals surface area contributed by atoms with Crippen molar-refractivity contribution in [2.24, 2.45) is 0 Å². The molecule has 0 aliphatic rings. The number of halogens is 2. The first kappa shape index (κ1) is 11.3. The van der Waals surface area contributed by atoms with E-state index >= 15 is 0 Å². The first-order valence-corrected chi connectivity index (χ1v) is 2.25. The summed E-state index contributed by atoms with van der Waals surface area (Å²) in [5.41, 5.74) is 0. The van der Waals surface area contributed by atoms with Gasteiger partial charge in [-0.15, -0.1) is 0 Å². The molecule has 0 fully saturated rings. The summed E-state index contributed by atoms with van der Waals surface area (Å²) in [4.78, 5) is 0. The average Bonchev–Trinajstić information content (AvgIpc) is 1.27. The first-order chi connectivity index (χ1) is 3.13. The number of hydrogen-bond donors (Lipinski definition) is 0. The molecule has 0 aromatic rings. The zero-order valence-corrected chi connectivity index (χ0v) is 5.09. The third-order valence-corrected chi connectivity index (χ3v) is 0.376. The molecule has 0 saturated heterocycles. The van der Waals surface area contributed by atoms with Crippen LogP contribution in [0, 0.1) is 0 Å². The normalized spacial score (nSPS) is 6.75. The Morgan fingerprint density at radius 2 is 1.38 bits per heavy atom. The van der Waals surface area contributed by atoms with Crippen molar-refractivity contribution in [3.8, 4) is 0 Å². The summed E-state index contributed by atoms with van der Waals surface area (Å²) < 4.78 is 4.39. The summed E-state index contributed by atoms with van der Waals surface area (Å²) in [6, 6.07) is 0. The maximum atomic E-state index is 5.11. The van der Waals surface area contributed by atoms with Crippen molar-refractivity contribution >= 4 is 42.1 Å². The Morgan fingerprint density at radius 3 is 1.38 bits per heavy atom. The van der Waals surface area contributed by atoms with Crippen LogP contribution in [-0.4, -0.2) is 18.9 Å². The van der Waals surface area contributed by atoms with Gasteiger partial charge in [-0.3, -0.25) is 0 Å². The van der Waals surface area contributed by atoms with Gasteiger partial charge in [-0.1, -0.05) is 0 Å². The van der Waals surface area contributed by atoms with E-state index in [2.05, 4.69) is 17.9 Å². The SMILES string of the molecule is C=C(Cl)OC(=C)Cl.[LiH]. The molecule has 0 amide bonds. The summed E-state index contributed by atoms with van der Waals surface area (Å²) in [5, 5.41) is 0.0556. The van der Waals surface area contributed by atoms with Gasteiger partial charge in [-0.25, -0.2) is 0 Å². The average molecular weight is 147 g/mol. The summed E-state index contributed by atoms with van der Waals surface area (Å²) in [6.07, 6.45) is 0. The molecule has 0 aliphatic heterocycles. The van der Waals surface area contributed by atoms with Crippen LogP contribution in [0.25, 0.3) is 0 Å². The molecular weight excluding hydrogens is 142 g/mol. The number of hydrogen-bond acceptors (Lipinski definition) is 1. The van der Waals surface area contributed by atoms with Gasteiger partial charge in [-0.2, -0.15) is 0 Å².